The van der Waals surface area contributed by atoms with Gasteiger partial charge in [0.2, 0.25) is 5.91 Å². The Labute approximate surface area is 116 Å². The lowest BCUT2D eigenvalue weighted by atomic mass is 9.96. The van der Waals surface area contributed by atoms with Crippen LogP contribution >= 0.6 is 0 Å². The summed E-state index contributed by atoms with van der Waals surface area (Å²) in [5.74, 6) is -1.55. The SMILES string of the molecule is COC(=O)c1cc(F)ccc1NC(=O)C(C)(N)C1CC1. The van der Waals surface area contributed by atoms with Gasteiger partial charge in [-0.3, -0.25) is 4.79 Å². The number of nitrogens with one attached hydrogen (secondary N) is 1. The van der Waals surface area contributed by atoms with Crippen molar-refractivity contribution in [1.82, 2.24) is 0 Å². The normalized spacial score (nSPS) is 17.2. The zero-order valence-electron chi connectivity index (χ0n) is 11.4. The van der Waals surface area contributed by atoms with Gasteiger partial charge in [-0.25, -0.2) is 9.18 Å². The van der Waals surface area contributed by atoms with Crippen LogP contribution in [0.25, 0.3) is 0 Å². The standard InChI is InChI=1S/C14H17FN2O3/c1-14(16,8-3-4-8)13(19)17-11-6-5-9(15)7-10(11)12(18)20-2/h5-8H,3-4,16H2,1-2H3,(H,17,19). The van der Waals surface area contributed by atoms with Crippen molar-refractivity contribution in [3.8, 4) is 0 Å². The largest absolute Gasteiger partial charge is 0.465 e. The first kappa shape index (κ1) is 14.5. The highest BCUT2D eigenvalue weighted by molar-refractivity contribution is 6.04. The Morgan fingerprint density at radius 1 is 1.45 bits per heavy atom. The van der Waals surface area contributed by atoms with Gasteiger partial charge in [0, 0.05) is 0 Å². The van der Waals surface area contributed by atoms with Gasteiger partial charge in [-0.05, 0) is 43.9 Å². The van der Waals surface area contributed by atoms with Crippen molar-refractivity contribution >= 4 is 17.6 Å². The molecule has 6 heteroatoms. The maximum Gasteiger partial charge on any atom is 0.340 e. The van der Waals surface area contributed by atoms with Gasteiger partial charge in [0.25, 0.3) is 0 Å². The maximum atomic E-state index is 13.2. The fourth-order valence-electron chi connectivity index (χ4n) is 2.03. The van der Waals surface area contributed by atoms with Crippen molar-refractivity contribution in [2.75, 3.05) is 12.4 Å². The summed E-state index contributed by atoms with van der Waals surface area (Å²) in [5, 5.41) is 2.58. The van der Waals surface area contributed by atoms with Crippen LogP contribution in [0.4, 0.5) is 10.1 Å². The van der Waals surface area contributed by atoms with Crippen molar-refractivity contribution in [2.45, 2.75) is 25.3 Å². The van der Waals surface area contributed by atoms with Crippen LogP contribution in [0.2, 0.25) is 0 Å². The molecule has 0 bridgehead atoms. The first-order chi connectivity index (χ1) is 9.36. The van der Waals surface area contributed by atoms with Crippen LogP contribution in [0, 0.1) is 11.7 Å². The van der Waals surface area contributed by atoms with Crippen LogP contribution < -0.4 is 11.1 Å². The summed E-state index contributed by atoms with van der Waals surface area (Å²) in [6, 6.07) is 3.50. The number of halogens is 1. The van der Waals surface area contributed by atoms with Crippen molar-refractivity contribution in [2.24, 2.45) is 11.7 Å². The number of hydrogen-bond donors (Lipinski definition) is 2. The molecule has 1 saturated carbocycles. The molecule has 20 heavy (non-hydrogen) atoms. The topological polar surface area (TPSA) is 81.4 Å². The lowest BCUT2D eigenvalue weighted by Crippen LogP contribution is -2.50. The van der Waals surface area contributed by atoms with Crippen molar-refractivity contribution in [3.63, 3.8) is 0 Å². The molecule has 0 radical (unpaired) electrons. The van der Waals surface area contributed by atoms with Crippen LogP contribution in [0.15, 0.2) is 18.2 Å². The number of ether oxygens (including phenoxy) is 1. The Bertz CT molecular complexity index is 553. The fourth-order valence-corrected chi connectivity index (χ4v) is 2.03. The Morgan fingerprint density at radius 2 is 2.10 bits per heavy atom. The highest BCUT2D eigenvalue weighted by Gasteiger charge is 2.44. The number of nitrogens with two attached hydrogens (primary N) is 1. The summed E-state index contributed by atoms with van der Waals surface area (Å²) < 4.78 is 17.8. The van der Waals surface area contributed by atoms with Crippen LogP contribution in [-0.4, -0.2) is 24.5 Å². The fraction of sp³-hybridized carbons (Fsp3) is 0.429. The van der Waals surface area contributed by atoms with Crippen LogP contribution in [0.3, 0.4) is 0 Å². The van der Waals surface area contributed by atoms with E-state index in [4.69, 9.17) is 5.73 Å². The van der Waals surface area contributed by atoms with Crippen LogP contribution in [-0.2, 0) is 9.53 Å². The van der Waals surface area contributed by atoms with Gasteiger partial charge in [-0.15, -0.1) is 0 Å². The van der Waals surface area contributed by atoms with E-state index in [9.17, 15) is 14.0 Å². The molecule has 1 unspecified atom stereocenters. The van der Waals surface area contributed by atoms with Gasteiger partial charge in [0.1, 0.15) is 5.82 Å². The number of esters is 1. The number of carbonyl (C=O) groups is 2. The van der Waals surface area contributed by atoms with Crippen molar-refractivity contribution < 1.29 is 18.7 Å². The minimum atomic E-state index is -0.998. The third kappa shape index (κ3) is 2.80. The van der Waals surface area contributed by atoms with Gasteiger partial charge in [0.05, 0.1) is 23.9 Å². The highest BCUT2D eigenvalue weighted by atomic mass is 19.1. The Balaban J connectivity index is 2.24. The molecule has 1 aliphatic rings. The average Bonchev–Trinajstić information content (AvgIpc) is 3.24. The minimum Gasteiger partial charge on any atom is -0.465 e. The minimum absolute atomic E-state index is 0.0348. The Kier molecular flexibility index (Phi) is 3.76. The van der Waals surface area contributed by atoms with Gasteiger partial charge >= 0.3 is 5.97 Å². The van der Waals surface area contributed by atoms with E-state index in [2.05, 4.69) is 10.1 Å². The van der Waals surface area contributed by atoms with Crippen LogP contribution in [0.1, 0.15) is 30.1 Å². The van der Waals surface area contributed by atoms with E-state index in [-0.39, 0.29) is 17.2 Å². The molecular formula is C14H17FN2O3. The zero-order valence-corrected chi connectivity index (χ0v) is 11.4. The molecule has 1 aliphatic carbocycles. The lowest BCUT2D eigenvalue weighted by molar-refractivity contribution is -0.121. The molecule has 0 spiro atoms. The third-order valence-electron chi connectivity index (χ3n) is 3.55. The molecule has 0 aromatic heterocycles. The monoisotopic (exact) mass is 280 g/mol. The quantitative estimate of drug-likeness (QED) is 0.822. The third-order valence-corrected chi connectivity index (χ3v) is 3.55. The van der Waals surface area contributed by atoms with Crippen molar-refractivity contribution in [3.05, 3.63) is 29.6 Å². The summed E-state index contributed by atoms with van der Waals surface area (Å²) >= 11 is 0. The summed E-state index contributed by atoms with van der Waals surface area (Å²) in [7, 11) is 1.19. The molecule has 0 aliphatic heterocycles. The van der Waals surface area contributed by atoms with Gasteiger partial charge in [0.15, 0.2) is 0 Å². The van der Waals surface area contributed by atoms with Crippen LogP contribution in [0.5, 0.6) is 0 Å². The molecule has 1 fully saturated rings. The number of methoxy groups -OCH3 is 1. The average molecular weight is 280 g/mol. The van der Waals surface area contributed by atoms with E-state index in [0.29, 0.717) is 0 Å². The summed E-state index contributed by atoms with van der Waals surface area (Å²) in [6.45, 7) is 1.65. The highest BCUT2D eigenvalue weighted by Crippen LogP contribution is 2.38. The second kappa shape index (κ2) is 5.20. The maximum absolute atomic E-state index is 13.2. The summed E-state index contributed by atoms with van der Waals surface area (Å²) in [4.78, 5) is 23.8. The molecule has 3 N–H and O–H groups in total. The first-order valence-electron chi connectivity index (χ1n) is 6.34. The summed E-state index contributed by atoms with van der Waals surface area (Å²) in [5.41, 5.74) is 5.16. The molecule has 5 nitrogen and oxygen atoms in total. The molecule has 1 aromatic carbocycles. The van der Waals surface area contributed by atoms with Gasteiger partial charge in [-0.1, -0.05) is 0 Å². The Hall–Kier alpha value is -1.95. The number of rotatable bonds is 4. The second-order valence-corrected chi connectivity index (χ2v) is 5.19. The number of carbonyl (C=O) groups excluding carboxylic acids is 2. The second-order valence-electron chi connectivity index (χ2n) is 5.19. The van der Waals surface area contributed by atoms with E-state index >= 15 is 0 Å². The number of hydrogen-bond acceptors (Lipinski definition) is 4. The number of benzene rings is 1. The number of amides is 1. The molecule has 1 aromatic rings. The molecular weight excluding hydrogens is 263 g/mol. The smallest absolute Gasteiger partial charge is 0.340 e. The predicted molar refractivity (Wildman–Crippen MR) is 71.7 cm³/mol. The molecule has 1 amide bonds. The Morgan fingerprint density at radius 3 is 2.65 bits per heavy atom. The predicted octanol–water partition coefficient (Wildman–Crippen LogP) is 1.68. The van der Waals surface area contributed by atoms with Gasteiger partial charge in [-0.2, -0.15) is 0 Å². The first-order valence-corrected chi connectivity index (χ1v) is 6.34. The van der Waals surface area contributed by atoms with E-state index in [1.165, 1.54) is 13.2 Å². The van der Waals surface area contributed by atoms with E-state index in [0.717, 1.165) is 25.0 Å². The van der Waals surface area contributed by atoms with E-state index in [1.807, 2.05) is 0 Å². The zero-order chi connectivity index (χ0) is 14.9. The molecule has 1 atom stereocenters. The molecule has 0 saturated heterocycles. The number of anilines is 1. The summed E-state index contributed by atoms with van der Waals surface area (Å²) in [6.07, 6.45) is 1.82. The van der Waals surface area contributed by atoms with Gasteiger partial charge < -0.3 is 15.8 Å². The molecule has 2 rings (SSSR count). The van der Waals surface area contributed by atoms with E-state index in [1.54, 1.807) is 6.92 Å². The van der Waals surface area contributed by atoms with E-state index < -0.39 is 23.2 Å². The molecule has 108 valence electrons. The van der Waals surface area contributed by atoms with Crippen molar-refractivity contribution in [1.29, 1.82) is 0 Å². The molecule has 0 heterocycles. The lowest BCUT2D eigenvalue weighted by Gasteiger charge is -2.23.